The van der Waals surface area contributed by atoms with Crippen molar-refractivity contribution in [1.29, 1.82) is 0 Å². The summed E-state index contributed by atoms with van der Waals surface area (Å²) in [6.45, 7) is 0. The van der Waals surface area contributed by atoms with Crippen molar-refractivity contribution in [1.82, 2.24) is 5.48 Å². The summed E-state index contributed by atoms with van der Waals surface area (Å²) in [4.78, 5) is 15.8. The molecule has 0 spiro atoms. The maximum absolute atomic E-state index is 11.2. The third kappa shape index (κ3) is 5.64. The molecule has 0 aliphatic rings. The molecule has 5 heteroatoms. The minimum atomic E-state index is -0.519. The van der Waals surface area contributed by atoms with E-state index in [1.54, 1.807) is 0 Å². The first kappa shape index (κ1) is 18.5. The largest absolute Gasteiger partial charge is 0.388 e. The van der Waals surface area contributed by atoms with Crippen molar-refractivity contribution < 1.29 is 14.7 Å². The van der Waals surface area contributed by atoms with E-state index in [4.69, 9.17) is 11.6 Å². The van der Waals surface area contributed by atoms with Gasteiger partial charge in [-0.2, -0.15) is 0 Å². The predicted molar refractivity (Wildman–Crippen MR) is 95.5 cm³/mol. The van der Waals surface area contributed by atoms with Crippen LogP contribution >= 0.6 is 11.6 Å². The van der Waals surface area contributed by atoms with E-state index < -0.39 is 6.10 Å². The number of halogens is 1. The fourth-order valence-corrected chi connectivity index (χ4v) is 2.62. The van der Waals surface area contributed by atoms with E-state index in [2.05, 4.69) is 10.3 Å². The van der Waals surface area contributed by atoms with E-state index in [1.165, 1.54) is 7.11 Å². The summed E-state index contributed by atoms with van der Waals surface area (Å²) < 4.78 is 0. The standard InChI is InChI=1S/C19H22ClNO3/c1-24-21-19(23)5-3-2-4-18(22)16-8-6-14(7-9-16)15-10-12-17(20)13-11-15/h6-13,18,22H,2-5H2,1H3,(H,21,23). The maximum atomic E-state index is 11.2. The highest BCUT2D eigenvalue weighted by atomic mass is 35.5. The van der Waals surface area contributed by atoms with Gasteiger partial charge in [0.05, 0.1) is 13.2 Å². The summed E-state index contributed by atoms with van der Waals surface area (Å²) in [6.07, 6.45) is 2.00. The average Bonchev–Trinajstić information content (AvgIpc) is 2.60. The van der Waals surface area contributed by atoms with Crippen LogP contribution in [0.2, 0.25) is 5.02 Å². The average molecular weight is 348 g/mol. The van der Waals surface area contributed by atoms with Gasteiger partial charge in [-0.1, -0.05) is 54.4 Å². The first-order valence-corrected chi connectivity index (χ1v) is 8.33. The van der Waals surface area contributed by atoms with Crippen LogP contribution in [-0.2, 0) is 9.63 Å². The molecule has 0 aliphatic heterocycles. The summed E-state index contributed by atoms with van der Waals surface area (Å²) in [5.74, 6) is -0.140. The van der Waals surface area contributed by atoms with Gasteiger partial charge in [-0.3, -0.25) is 9.63 Å². The number of benzene rings is 2. The molecular formula is C19H22ClNO3. The van der Waals surface area contributed by atoms with Crippen molar-refractivity contribution >= 4 is 17.5 Å². The van der Waals surface area contributed by atoms with Gasteiger partial charge < -0.3 is 5.11 Å². The molecule has 128 valence electrons. The Labute approximate surface area is 147 Å². The van der Waals surface area contributed by atoms with Crippen molar-refractivity contribution in [2.24, 2.45) is 0 Å². The Morgan fingerprint density at radius 3 is 2.25 bits per heavy atom. The highest BCUT2D eigenvalue weighted by molar-refractivity contribution is 6.30. The van der Waals surface area contributed by atoms with Gasteiger partial charge in [-0.05, 0) is 41.7 Å². The molecule has 24 heavy (non-hydrogen) atoms. The molecular weight excluding hydrogens is 326 g/mol. The molecule has 0 heterocycles. The number of carbonyl (C=O) groups excluding carboxylic acids is 1. The fraction of sp³-hybridized carbons (Fsp3) is 0.316. The van der Waals surface area contributed by atoms with Crippen LogP contribution in [0.5, 0.6) is 0 Å². The van der Waals surface area contributed by atoms with Gasteiger partial charge in [0.25, 0.3) is 0 Å². The third-order valence-corrected chi connectivity index (χ3v) is 4.07. The molecule has 1 unspecified atom stereocenters. The number of amides is 1. The van der Waals surface area contributed by atoms with E-state index in [9.17, 15) is 9.90 Å². The van der Waals surface area contributed by atoms with Crippen molar-refractivity contribution in [3.8, 4) is 11.1 Å². The smallest absolute Gasteiger partial charge is 0.243 e. The number of aliphatic hydroxyl groups is 1. The molecule has 0 saturated heterocycles. The van der Waals surface area contributed by atoms with Gasteiger partial charge in [0.15, 0.2) is 0 Å². The lowest BCUT2D eigenvalue weighted by Crippen LogP contribution is -2.21. The van der Waals surface area contributed by atoms with Crippen molar-refractivity contribution in [2.75, 3.05) is 7.11 Å². The quantitative estimate of drug-likeness (QED) is 0.553. The summed E-state index contributed by atoms with van der Waals surface area (Å²) in [6, 6.07) is 15.5. The van der Waals surface area contributed by atoms with Crippen LogP contribution in [0.3, 0.4) is 0 Å². The van der Waals surface area contributed by atoms with Gasteiger partial charge in [0.1, 0.15) is 0 Å². The summed E-state index contributed by atoms with van der Waals surface area (Å²) >= 11 is 5.90. The monoisotopic (exact) mass is 347 g/mol. The van der Waals surface area contributed by atoms with Gasteiger partial charge in [-0.25, -0.2) is 5.48 Å². The molecule has 1 atom stereocenters. The molecule has 2 aromatic rings. The lowest BCUT2D eigenvalue weighted by molar-refractivity contribution is -0.131. The second-order valence-electron chi connectivity index (χ2n) is 5.62. The highest BCUT2D eigenvalue weighted by Gasteiger charge is 2.08. The Bertz CT molecular complexity index is 641. The van der Waals surface area contributed by atoms with Crippen LogP contribution in [-0.4, -0.2) is 18.1 Å². The van der Waals surface area contributed by atoms with Crippen LogP contribution in [0, 0.1) is 0 Å². The molecule has 4 nitrogen and oxygen atoms in total. The number of rotatable bonds is 8. The van der Waals surface area contributed by atoms with Crippen LogP contribution in [0.1, 0.15) is 37.4 Å². The zero-order chi connectivity index (χ0) is 17.4. The first-order chi connectivity index (χ1) is 11.6. The van der Waals surface area contributed by atoms with E-state index >= 15 is 0 Å². The Balaban J connectivity index is 1.84. The summed E-state index contributed by atoms with van der Waals surface area (Å²) in [5.41, 5.74) is 5.33. The van der Waals surface area contributed by atoms with Crippen LogP contribution < -0.4 is 5.48 Å². The normalized spacial score (nSPS) is 12.0. The molecule has 0 radical (unpaired) electrons. The molecule has 0 aromatic heterocycles. The number of hydrogen-bond donors (Lipinski definition) is 2. The van der Waals surface area contributed by atoms with E-state index in [-0.39, 0.29) is 5.91 Å². The Kier molecular flexibility index (Phi) is 7.25. The molecule has 0 bridgehead atoms. The number of hydroxylamine groups is 1. The van der Waals surface area contributed by atoms with E-state index in [0.29, 0.717) is 17.9 Å². The molecule has 2 rings (SSSR count). The SMILES string of the molecule is CONC(=O)CCCCC(O)c1ccc(-c2ccc(Cl)cc2)cc1. The lowest BCUT2D eigenvalue weighted by atomic mass is 9.99. The predicted octanol–water partition coefficient (Wildman–Crippen LogP) is 4.28. The van der Waals surface area contributed by atoms with Crippen LogP contribution in [0.25, 0.3) is 11.1 Å². The van der Waals surface area contributed by atoms with Gasteiger partial charge in [0, 0.05) is 11.4 Å². The van der Waals surface area contributed by atoms with Crippen molar-refractivity contribution in [3.63, 3.8) is 0 Å². The summed E-state index contributed by atoms with van der Waals surface area (Å²) in [5, 5.41) is 11.0. The zero-order valence-electron chi connectivity index (χ0n) is 13.7. The first-order valence-electron chi connectivity index (χ1n) is 7.96. The maximum Gasteiger partial charge on any atom is 0.243 e. The van der Waals surface area contributed by atoms with Crippen molar-refractivity contribution in [2.45, 2.75) is 31.8 Å². The Morgan fingerprint density at radius 2 is 1.67 bits per heavy atom. The molecule has 0 aliphatic carbocycles. The second-order valence-corrected chi connectivity index (χ2v) is 6.06. The molecule has 1 amide bonds. The van der Waals surface area contributed by atoms with Gasteiger partial charge in [0.2, 0.25) is 5.91 Å². The second kappa shape index (κ2) is 9.42. The lowest BCUT2D eigenvalue weighted by Gasteiger charge is -2.12. The molecule has 0 saturated carbocycles. The molecule has 2 N–H and O–H groups in total. The van der Waals surface area contributed by atoms with Crippen molar-refractivity contribution in [3.05, 3.63) is 59.1 Å². The minimum absolute atomic E-state index is 0.140. The highest BCUT2D eigenvalue weighted by Crippen LogP contribution is 2.25. The van der Waals surface area contributed by atoms with Crippen LogP contribution in [0.4, 0.5) is 0 Å². The van der Waals surface area contributed by atoms with Crippen LogP contribution in [0.15, 0.2) is 48.5 Å². The fourth-order valence-electron chi connectivity index (χ4n) is 2.49. The number of carbonyl (C=O) groups is 1. The number of unbranched alkanes of at least 4 members (excludes halogenated alkanes) is 1. The Hall–Kier alpha value is -1.88. The minimum Gasteiger partial charge on any atom is -0.388 e. The summed E-state index contributed by atoms with van der Waals surface area (Å²) in [7, 11) is 1.41. The Morgan fingerprint density at radius 1 is 1.08 bits per heavy atom. The van der Waals surface area contributed by atoms with E-state index in [0.717, 1.165) is 29.5 Å². The van der Waals surface area contributed by atoms with E-state index in [1.807, 2.05) is 48.5 Å². The number of hydrogen-bond acceptors (Lipinski definition) is 3. The number of aliphatic hydroxyl groups excluding tert-OH is 1. The topological polar surface area (TPSA) is 58.6 Å². The van der Waals surface area contributed by atoms with Gasteiger partial charge >= 0.3 is 0 Å². The number of nitrogens with one attached hydrogen (secondary N) is 1. The molecule has 2 aromatic carbocycles. The molecule has 0 fully saturated rings. The zero-order valence-corrected chi connectivity index (χ0v) is 14.4. The third-order valence-electron chi connectivity index (χ3n) is 3.82. The van der Waals surface area contributed by atoms with Gasteiger partial charge in [-0.15, -0.1) is 0 Å².